The Morgan fingerprint density at radius 2 is 1.16 bits per heavy atom. The van der Waals surface area contributed by atoms with Crippen LogP contribution in [0.4, 0.5) is 0 Å². The van der Waals surface area contributed by atoms with Crippen LogP contribution < -0.4 is 0 Å². The molecule has 200 valence electrons. The fourth-order valence-electron chi connectivity index (χ4n) is 6.56. The van der Waals surface area contributed by atoms with Crippen molar-refractivity contribution in [1.29, 1.82) is 0 Å². The molecule has 10 aromatic rings. The van der Waals surface area contributed by atoms with Gasteiger partial charge >= 0.3 is 0 Å². The summed E-state index contributed by atoms with van der Waals surface area (Å²) in [6.45, 7) is 0. The topological polar surface area (TPSA) is 43.6 Å². The lowest BCUT2D eigenvalue weighted by Gasteiger charge is -2.11. The summed E-state index contributed by atoms with van der Waals surface area (Å²) in [6, 6.07) is 40.6. The summed E-state index contributed by atoms with van der Waals surface area (Å²) in [5.41, 5.74) is 6.09. The van der Waals surface area contributed by atoms with Gasteiger partial charge < -0.3 is 0 Å². The Morgan fingerprint density at radius 1 is 0.488 bits per heavy atom. The van der Waals surface area contributed by atoms with Crippen molar-refractivity contribution in [2.75, 3.05) is 0 Å². The number of hydrogen-bond acceptors (Lipinski definition) is 5. The molecule has 0 fully saturated rings. The van der Waals surface area contributed by atoms with Gasteiger partial charge in [0.15, 0.2) is 0 Å². The molecule has 0 aliphatic heterocycles. The second kappa shape index (κ2) is 8.67. The van der Waals surface area contributed by atoms with Gasteiger partial charge in [-0.1, -0.05) is 97.1 Å². The van der Waals surface area contributed by atoms with E-state index < -0.39 is 0 Å². The summed E-state index contributed by atoms with van der Waals surface area (Å²) in [4.78, 5) is 15.8. The van der Waals surface area contributed by atoms with Crippen molar-refractivity contribution in [3.8, 4) is 17.2 Å². The minimum absolute atomic E-state index is 0.659. The third-order valence-corrected chi connectivity index (χ3v) is 10.9. The lowest BCUT2D eigenvalue weighted by molar-refractivity contribution is 1.02. The van der Waals surface area contributed by atoms with Crippen LogP contribution in [0.3, 0.4) is 0 Å². The second-order valence-electron chi connectivity index (χ2n) is 10.8. The van der Waals surface area contributed by atoms with E-state index in [-0.39, 0.29) is 0 Å². The van der Waals surface area contributed by atoms with Crippen molar-refractivity contribution >= 4 is 95.9 Å². The van der Waals surface area contributed by atoms with Gasteiger partial charge in [-0.2, -0.15) is 0 Å². The first-order chi connectivity index (χ1) is 21.3. The molecule has 5 aromatic carbocycles. The van der Waals surface area contributed by atoms with E-state index in [0.29, 0.717) is 5.95 Å². The smallest absolute Gasteiger partial charge is 0.235 e. The molecule has 0 aliphatic rings. The predicted molar refractivity (Wildman–Crippen MR) is 183 cm³/mol. The van der Waals surface area contributed by atoms with Gasteiger partial charge in [-0.15, -0.1) is 22.7 Å². The summed E-state index contributed by atoms with van der Waals surface area (Å²) in [7, 11) is 0. The lowest BCUT2D eigenvalue weighted by Crippen LogP contribution is -2.03. The number of benzene rings is 5. The predicted octanol–water partition coefficient (Wildman–Crippen LogP) is 10.5. The zero-order valence-electron chi connectivity index (χ0n) is 22.7. The molecule has 0 amide bonds. The molecule has 6 heteroatoms. The zero-order chi connectivity index (χ0) is 28.1. The number of rotatable bonds is 2. The molecule has 0 saturated carbocycles. The summed E-state index contributed by atoms with van der Waals surface area (Å²) in [5.74, 6) is 0.659. The van der Waals surface area contributed by atoms with Crippen LogP contribution >= 0.6 is 22.7 Å². The molecular weight excluding hydrogens is 565 g/mol. The van der Waals surface area contributed by atoms with E-state index >= 15 is 0 Å². The minimum Gasteiger partial charge on any atom is -0.276 e. The first kappa shape index (κ1) is 23.4. The maximum Gasteiger partial charge on any atom is 0.235 e. The molecule has 0 spiro atoms. The highest BCUT2D eigenvalue weighted by Gasteiger charge is 2.22. The SMILES string of the molecule is c1ccc(-c2nc(-n3c4ccccc4c4ccc5c(ncc6c7ccccc7sc65)c43)nc3c2sc2ccccc23)cc1. The molecule has 0 atom stereocenters. The lowest BCUT2D eigenvalue weighted by atomic mass is 10.1. The maximum atomic E-state index is 5.35. The molecule has 10 rings (SSSR count). The van der Waals surface area contributed by atoms with Gasteiger partial charge in [0.1, 0.15) is 0 Å². The van der Waals surface area contributed by atoms with Crippen molar-refractivity contribution in [3.05, 3.63) is 121 Å². The van der Waals surface area contributed by atoms with Gasteiger partial charge in [-0.05, 0) is 18.2 Å². The Labute approximate surface area is 253 Å². The minimum atomic E-state index is 0.659. The Kier molecular flexibility index (Phi) is 4.72. The number of pyridine rings is 1. The van der Waals surface area contributed by atoms with E-state index in [1.54, 1.807) is 11.3 Å². The van der Waals surface area contributed by atoms with Crippen LogP contribution in [0, 0.1) is 0 Å². The highest BCUT2D eigenvalue weighted by Crippen LogP contribution is 2.43. The van der Waals surface area contributed by atoms with E-state index in [1.165, 1.54) is 24.9 Å². The fraction of sp³-hybridized carbons (Fsp3) is 0. The number of thiophene rings is 2. The van der Waals surface area contributed by atoms with Crippen molar-refractivity contribution in [2.45, 2.75) is 0 Å². The van der Waals surface area contributed by atoms with Crippen molar-refractivity contribution in [2.24, 2.45) is 0 Å². The van der Waals surface area contributed by atoms with E-state index in [4.69, 9.17) is 15.0 Å². The van der Waals surface area contributed by atoms with Crippen LogP contribution in [0.15, 0.2) is 121 Å². The monoisotopic (exact) mass is 584 g/mol. The Hall–Kier alpha value is -5.17. The molecule has 0 bridgehead atoms. The number of hydrogen-bond donors (Lipinski definition) is 0. The Balaban J connectivity index is 1.39. The molecule has 43 heavy (non-hydrogen) atoms. The number of nitrogens with zero attached hydrogens (tertiary/aromatic N) is 4. The van der Waals surface area contributed by atoms with Crippen molar-refractivity contribution < 1.29 is 0 Å². The Bertz CT molecular complexity index is 2730. The van der Waals surface area contributed by atoms with Crippen LogP contribution in [0.5, 0.6) is 0 Å². The largest absolute Gasteiger partial charge is 0.276 e. The van der Waals surface area contributed by atoms with E-state index in [9.17, 15) is 0 Å². The standard InChI is InChI=1S/C37H20N4S2/c1-2-10-21(11-3-1)31-36-33(25-14-6-9-17-30(25)43-36)40-37(39-31)41-28-15-7-4-12-22(28)24-18-19-26-32(34(24)41)38-20-27-23-13-5-8-16-29(23)42-35(26)27/h1-20H. The molecule has 0 aliphatic carbocycles. The highest BCUT2D eigenvalue weighted by atomic mass is 32.1. The quantitative estimate of drug-likeness (QED) is 0.203. The van der Waals surface area contributed by atoms with Gasteiger partial charge in [0.05, 0.1) is 32.5 Å². The summed E-state index contributed by atoms with van der Waals surface area (Å²) < 4.78 is 7.08. The van der Waals surface area contributed by atoms with E-state index in [2.05, 4.69) is 114 Å². The molecular formula is C37H20N4S2. The van der Waals surface area contributed by atoms with Gasteiger partial charge in [0, 0.05) is 58.2 Å². The van der Waals surface area contributed by atoms with Crippen LogP contribution in [-0.2, 0) is 0 Å². The van der Waals surface area contributed by atoms with Crippen molar-refractivity contribution in [3.63, 3.8) is 0 Å². The molecule has 0 radical (unpaired) electrons. The second-order valence-corrected chi connectivity index (χ2v) is 12.9. The number of para-hydroxylation sites is 1. The highest BCUT2D eigenvalue weighted by molar-refractivity contribution is 7.27. The van der Waals surface area contributed by atoms with Gasteiger partial charge in [-0.3, -0.25) is 9.55 Å². The van der Waals surface area contributed by atoms with E-state index in [1.807, 2.05) is 23.6 Å². The number of aromatic nitrogens is 4. The first-order valence-corrected chi connectivity index (χ1v) is 15.8. The molecule has 5 aromatic heterocycles. The van der Waals surface area contributed by atoms with Crippen molar-refractivity contribution in [1.82, 2.24) is 19.5 Å². The van der Waals surface area contributed by atoms with E-state index in [0.717, 1.165) is 59.6 Å². The average molecular weight is 585 g/mol. The molecule has 0 saturated heterocycles. The van der Waals surface area contributed by atoms with Gasteiger partial charge in [-0.25, -0.2) is 9.97 Å². The fourth-order valence-corrected chi connectivity index (χ4v) is 8.91. The molecule has 0 N–H and O–H groups in total. The Morgan fingerprint density at radius 3 is 2.02 bits per heavy atom. The molecule has 0 unspecified atom stereocenters. The molecule has 4 nitrogen and oxygen atoms in total. The first-order valence-electron chi connectivity index (χ1n) is 14.2. The van der Waals surface area contributed by atoms with Crippen LogP contribution in [0.1, 0.15) is 0 Å². The van der Waals surface area contributed by atoms with Crippen LogP contribution in [0.2, 0.25) is 0 Å². The van der Waals surface area contributed by atoms with Gasteiger partial charge in [0.25, 0.3) is 0 Å². The molecule has 5 heterocycles. The summed E-state index contributed by atoms with van der Waals surface area (Å²) in [6.07, 6.45) is 2.05. The number of fused-ring (bicyclic) bond motifs is 12. The third-order valence-electron chi connectivity index (χ3n) is 8.47. The summed E-state index contributed by atoms with van der Waals surface area (Å²) >= 11 is 3.59. The summed E-state index contributed by atoms with van der Waals surface area (Å²) in [5, 5.41) is 7.07. The zero-order valence-corrected chi connectivity index (χ0v) is 24.3. The van der Waals surface area contributed by atoms with Gasteiger partial charge in [0.2, 0.25) is 5.95 Å². The average Bonchev–Trinajstić information content (AvgIpc) is 3.74. The van der Waals surface area contributed by atoms with Crippen LogP contribution in [-0.4, -0.2) is 19.5 Å². The maximum absolute atomic E-state index is 5.35. The third kappa shape index (κ3) is 3.22. The normalized spacial score (nSPS) is 12.2. The van der Waals surface area contributed by atoms with Crippen LogP contribution in [0.25, 0.3) is 90.4 Å².